The summed E-state index contributed by atoms with van der Waals surface area (Å²) in [6.07, 6.45) is 8.81. The number of rotatable bonds is 4. The average molecular weight is 374 g/mol. The Morgan fingerprint density at radius 2 is 1.88 bits per heavy atom. The molecule has 0 aromatic heterocycles. The van der Waals surface area contributed by atoms with Crippen molar-refractivity contribution in [3.05, 3.63) is 35.1 Å². The van der Waals surface area contributed by atoms with Crippen LogP contribution in [0.5, 0.6) is 0 Å². The molecular weight excluding hydrogens is 353 g/mol. The minimum atomic E-state index is -1.23. The van der Waals surface area contributed by atoms with Crippen LogP contribution in [0.2, 0.25) is 0 Å². The zero-order valence-corrected chi connectivity index (χ0v) is 14.7. The van der Waals surface area contributed by atoms with E-state index < -0.39 is 23.5 Å². The topological polar surface area (TPSA) is 63.4 Å². The van der Waals surface area contributed by atoms with Gasteiger partial charge in [0.25, 0.3) is 0 Å². The highest BCUT2D eigenvalue weighted by atomic mass is 32.2. The van der Waals surface area contributed by atoms with Gasteiger partial charge in [0, 0.05) is 30.8 Å². The number of halogens is 3. The number of aldehydes is 1. The lowest BCUT2D eigenvalue weighted by Crippen LogP contribution is -2.35. The Bertz CT molecular complexity index is 591. The molecule has 0 radical (unpaired) electrons. The number of terminal acetylenes is 1. The fourth-order valence-electron chi connectivity index (χ4n) is 2.04. The van der Waals surface area contributed by atoms with E-state index in [1.807, 2.05) is 0 Å². The molecule has 2 N–H and O–H groups in total. The second kappa shape index (κ2) is 12.4. The zero-order valence-electron chi connectivity index (χ0n) is 13.9. The van der Waals surface area contributed by atoms with Crippen LogP contribution in [-0.4, -0.2) is 41.3 Å². The van der Waals surface area contributed by atoms with Gasteiger partial charge in [-0.25, -0.2) is 13.2 Å². The average Bonchev–Trinajstić information content (AvgIpc) is 3.10. The Balaban J connectivity index is 0.00000104. The van der Waals surface area contributed by atoms with Crippen molar-refractivity contribution in [2.24, 2.45) is 5.73 Å². The molecule has 25 heavy (non-hydrogen) atoms. The summed E-state index contributed by atoms with van der Waals surface area (Å²) in [7, 11) is 0. The van der Waals surface area contributed by atoms with E-state index in [1.165, 1.54) is 6.92 Å². The summed E-state index contributed by atoms with van der Waals surface area (Å²) in [4.78, 5) is 22.3. The van der Waals surface area contributed by atoms with Crippen LogP contribution in [0.3, 0.4) is 0 Å². The fourth-order valence-corrected chi connectivity index (χ4v) is 3.01. The Morgan fingerprint density at radius 3 is 2.40 bits per heavy atom. The van der Waals surface area contributed by atoms with Gasteiger partial charge in [0.15, 0.2) is 11.6 Å². The van der Waals surface area contributed by atoms with Crippen LogP contribution < -0.4 is 5.73 Å². The van der Waals surface area contributed by atoms with Gasteiger partial charge in [0.05, 0.1) is 5.88 Å². The predicted octanol–water partition coefficient (Wildman–Crippen LogP) is 2.35. The van der Waals surface area contributed by atoms with Crippen molar-refractivity contribution in [1.29, 1.82) is 0 Å². The van der Waals surface area contributed by atoms with Gasteiger partial charge in [-0.05, 0) is 25.0 Å². The van der Waals surface area contributed by atoms with Gasteiger partial charge >= 0.3 is 0 Å². The van der Waals surface area contributed by atoms with E-state index in [2.05, 4.69) is 12.8 Å². The van der Waals surface area contributed by atoms with E-state index in [4.69, 9.17) is 10.5 Å². The van der Waals surface area contributed by atoms with Crippen molar-refractivity contribution < 1.29 is 22.8 Å². The lowest BCUT2D eigenvalue weighted by molar-refractivity contribution is -0.130. The lowest BCUT2D eigenvalue weighted by atomic mass is 10.0. The molecule has 1 aromatic rings. The van der Waals surface area contributed by atoms with Crippen molar-refractivity contribution in [3.8, 4) is 12.8 Å². The van der Waals surface area contributed by atoms with Gasteiger partial charge in [-0.15, -0.1) is 24.6 Å². The third-order valence-electron chi connectivity index (χ3n) is 3.11. The van der Waals surface area contributed by atoms with Crippen LogP contribution in [0, 0.1) is 30.3 Å². The third kappa shape index (κ3) is 8.09. The monoisotopic (exact) mass is 374 g/mol. The van der Waals surface area contributed by atoms with Gasteiger partial charge < -0.3 is 15.4 Å². The summed E-state index contributed by atoms with van der Waals surface area (Å²) in [5.74, 6) is -1.74. The van der Waals surface area contributed by atoms with Crippen molar-refractivity contribution >= 4 is 24.0 Å². The van der Waals surface area contributed by atoms with Crippen LogP contribution in [0.1, 0.15) is 18.9 Å². The number of hydrogen-bond donors (Lipinski definition) is 1. The maximum atomic E-state index is 13.5. The molecule has 1 aliphatic rings. The van der Waals surface area contributed by atoms with E-state index in [1.54, 1.807) is 16.7 Å². The molecule has 1 saturated heterocycles. The van der Waals surface area contributed by atoms with E-state index in [-0.39, 0.29) is 24.3 Å². The molecule has 0 unspecified atom stereocenters. The Hall–Kier alpha value is -1.98. The van der Waals surface area contributed by atoms with E-state index >= 15 is 0 Å². The smallest absolute Gasteiger partial charge is 0.224 e. The second-order valence-electron chi connectivity index (χ2n) is 4.96. The Morgan fingerprint density at radius 1 is 1.32 bits per heavy atom. The predicted molar refractivity (Wildman–Crippen MR) is 93.3 cm³/mol. The first-order valence-corrected chi connectivity index (χ1v) is 8.52. The quantitative estimate of drug-likeness (QED) is 0.499. The number of nitrogens with two attached hydrogens (primary N) is 1. The molecule has 138 valence electrons. The Kier molecular flexibility index (Phi) is 11.4. The summed E-state index contributed by atoms with van der Waals surface area (Å²) < 4.78 is 39.3. The summed E-state index contributed by atoms with van der Waals surface area (Å²) >= 11 is 1.66. The molecule has 0 saturated carbocycles. The van der Waals surface area contributed by atoms with Crippen molar-refractivity contribution in [2.75, 3.05) is 18.2 Å². The highest BCUT2D eigenvalue weighted by Gasteiger charge is 2.21. The van der Waals surface area contributed by atoms with Crippen molar-refractivity contribution in [2.45, 2.75) is 25.8 Å². The second-order valence-corrected chi connectivity index (χ2v) is 6.03. The normalized spacial score (nSPS) is 13.8. The number of hydrogen-bond acceptors (Lipinski definition) is 4. The SMILES string of the molecule is C#C.CC=O.N[C@@H](CC(=O)N1CCSC1)Cc1cc(F)c(F)cc1F. The van der Waals surface area contributed by atoms with Gasteiger partial charge in [-0.3, -0.25) is 4.79 Å². The molecule has 4 nitrogen and oxygen atoms in total. The summed E-state index contributed by atoms with van der Waals surface area (Å²) in [6.45, 7) is 2.13. The molecule has 1 atom stereocenters. The van der Waals surface area contributed by atoms with Crippen LogP contribution in [-0.2, 0) is 16.0 Å². The molecule has 0 aliphatic carbocycles. The molecule has 0 bridgehead atoms. The fraction of sp³-hybridized carbons (Fsp3) is 0.412. The minimum Gasteiger partial charge on any atom is -0.333 e. The van der Waals surface area contributed by atoms with Crippen LogP contribution in [0.15, 0.2) is 12.1 Å². The number of amides is 1. The molecule has 1 aromatic carbocycles. The Labute approximate surface area is 149 Å². The molecule has 1 aliphatic heterocycles. The van der Waals surface area contributed by atoms with Gasteiger partial charge in [0.1, 0.15) is 12.1 Å². The highest BCUT2D eigenvalue weighted by molar-refractivity contribution is 7.99. The summed E-state index contributed by atoms with van der Waals surface area (Å²) in [6, 6.07) is 0.671. The molecule has 1 amide bonds. The summed E-state index contributed by atoms with van der Waals surface area (Å²) in [5, 5.41) is 0. The highest BCUT2D eigenvalue weighted by Crippen LogP contribution is 2.18. The zero-order chi connectivity index (χ0) is 19.4. The molecule has 0 spiro atoms. The molecular formula is C17H21F3N2O2S. The number of carbonyl (C=O) groups excluding carboxylic acids is 2. The number of thioether (sulfide) groups is 1. The maximum Gasteiger partial charge on any atom is 0.224 e. The first-order valence-electron chi connectivity index (χ1n) is 7.36. The van der Waals surface area contributed by atoms with Crippen LogP contribution in [0.25, 0.3) is 0 Å². The molecule has 1 heterocycles. The number of benzene rings is 1. The summed E-state index contributed by atoms with van der Waals surface area (Å²) in [5.41, 5.74) is 5.78. The standard InChI is InChI=1S/C13H15F3N2OS.C2H4O.C2H2/c14-10-6-12(16)11(15)4-8(10)3-9(17)5-13(19)18-1-2-20-7-18;1-2-3;1-2/h4,6,9H,1-3,5,7,17H2;2H,1H3;1-2H/t9-;;/m1../s1. The third-order valence-corrected chi connectivity index (χ3v) is 4.08. The first-order chi connectivity index (χ1) is 11.9. The number of carbonyl (C=O) groups is 2. The van der Waals surface area contributed by atoms with E-state index in [9.17, 15) is 18.0 Å². The van der Waals surface area contributed by atoms with Crippen molar-refractivity contribution in [3.63, 3.8) is 0 Å². The number of nitrogens with zero attached hydrogens (tertiary/aromatic N) is 1. The minimum absolute atomic E-state index is 0.00421. The largest absolute Gasteiger partial charge is 0.333 e. The van der Waals surface area contributed by atoms with Gasteiger partial charge in [0.2, 0.25) is 5.91 Å². The van der Waals surface area contributed by atoms with Gasteiger partial charge in [-0.1, -0.05) is 0 Å². The molecule has 1 fully saturated rings. The molecule has 8 heteroatoms. The first kappa shape index (κ1) is 23.0. The van der Waals surface area contributed by atoms with E-state index in [0.717, 1.165) is 18.1 Å². The van der Waals surface area contributed by atoms with Crippen molar-refractivity contribution in [1.82, 2.24) is 4.90 Å². The maximum absolute atomic E-state index is 13.5. The van der Waals surface area contributed by atoms with Gasteiger partial charge in [-0.2, -0.15) is 0 Å². The van der Waals surface area contributed by atoms with Crippen LogP contribution in [0.4, 0.5) is 13.2 Å². The molecule has 2 rings (SSSR count). The van der Waals surface area contributed by atoms with E-state index in [0.29, 0.717) is 18.5 Å². The lowest BCUT2D eigenvalue weighted by Gasteiger charge is -2.18. The van der Waals surface area contributed by atoms with Crippen LogP contribution >= 0.6 is 11.8 Å².